The smallest absolute Gasteiger partial charge is 0.0331 e. The van der Waals surface area contributed by atoms with Gasteiger partial charge in [-0.25, -0.2) is 0 Å². The van der Waals surface area contributed by atoms with E-state index in [2.05, 4.69) is 30.6 Å². The van der Waals surface area contributed by atoms with Crippen molar-refractivity contribution in [3.8, 4) is 0 Å². The van der Waals surface area contributed by atoms with E-state index in [1.165, 1.54) is 30.8 Å². The lowest BCUT2D eigenvalue weighted by molar-refractivity contribution is 0.0833. The average molecular weight is 214 g/mol. The number of nitrogens with zero attached hydrogens (tertiary/aromatic N) is 1. The van der Waals surface area contributed by atoms with Gasteiger partial charge in [-0.3, -0.25) is 4.90 Å². The first kappa shape index (κ1) is 10.8. The lowest BCUT2D eigenvalue weighted by Gasteiger charge is -2.42. The highest BCUT2D eigenvalue weighted by molar-refractivity contribution is 7.99. The van der Waals surface area contributed by atoms with Crippen molar-refractivity contribution in [1.29, 1.82) is 0 Å². The van der Waals surface area contributed by atoms with Crippen LogP contribution in [-0.4, -0.2) is 41.6 Å². The third-order valence-electron chi connectivity index (χ3n) is 4.13. The summed E-state index contributed by atoms with van der Waals surface area (Å²) in [6.07, 6.45) is 4.12. The predicted octanol–water partition coefficient (Wildman–Crippen LogP) is 1.55. The van der Waals surface area contributed by atoms with Crippen LogP contribution in [0.3, 0.4) is 0 Å². The maximum absolute atomic E-state index is 5.97. The van der Waals surface area contributed by atoms with Gasteiger partial charge in [0, 0.05) is 23.9 Å². The van der Waals surface area contributed by atoms with Gasteiger partial charge in [0.05, 0.1) is 0 Å². The zero-order chi connectivity index (χ0) is 10.2. The second kappa shape index (κ2) is 4.03. The van der Waals surface area contributed by atoms with Crippen molar-refractivity contribution in [2.45, 2.75) is 37.8 Å². The fraction of sp³-hybridized carbons (Fsp3) is 1.00. The fourth-order valence-electron chi connectivity index (χ4n) is 2.55. The van der Waals surface area contributed by atoms with Crippen LogP contribution >= 0.6 is 11.8 Å². The Kier molecular flexibility index (Phi) is 3.10. The standard InChI is InChI=1S/C11H22N2S/c1-11(8-12,9-3-4-9)13(2)10-5-6-14-7-10/h9-10H,3-8,12H2,1-2H3. The molecule has 0 amide bonds. The number of nitrogens with two attached hydrogens (primary N) is 1. The predicted molar refractivity (Wildman–Crippen MR) is 63.7 cm³/mol. The molecule has 1 aliphatic heterocycles. The third kappa shape index (κ3) is 1.82. The summed E-state index contributed by atoms with van der Waals surface area (Å²) in [5.74, 6) is 3.50. The van der Waals surface area contributed by atoms with E-state index in [9.17, 15) is 0 Å². The summed E-state index contributed by atoms with van der Waals surface area (Å²) >= 11 is 2.09. The molecule has 2 aliphatic rings. The Bertz CT molecular complexity index is 199. The minimum Gasteiger partial charge on any atom is -0.329 e. The molecule has 2 atom stereocenters. The van der Waals surface area contributed by atoms with Crippen molar-refractivity contribution in [2.24, 2.45) is 11.7 Å². The average Bonchev–Trinajstić information content (AvgIpc) is 2.92. The van der Waals surface area contributed by atoms with Gasteiger partial charge in [-0.1, -0.05) is 0 Å². The third-order valence-corrected chi connectivity index (χ3v) is 5.27. The summed E-state index contributed by atoms with van der Waals surface area (Å²) in [6.45, 7) is 3.17. The highest BCUT2D eigenvalue weighted by Crippen LogP contribution is 2.43. The molecule has 2 rings (SSSR count). The molecule has 0 aromatic rings. The van der Waals surface area contributed by atoms with E-state index in [-0.39, 0.29) is 5.54 Å². The van der Waals surface area contributed by atoms with Crippen LogP contribution in [0, 0.1) is 5.92 Å². The Hall–Kier alpha value is 0.270. The van der Waals surface area contributed by atoms with Gasteiger partial charge in [-0.15, -0.1) is 0 Å². The molecule has 2 N–H and O–H groups in total. The highest BCUT2D eigenvalue weighted by Gasteiger charge is 2.45. The van der Waals surface area contributed by atoms with Crippen LogP contribution in [0.1, 0.15) is 26.2 Å². The van der Waals surface area contributed by atoms with Gasteiger partial charge in [0.25, 0.3) is 0 Å². The topological polar surface area (TPSA) is 29.3 Å². The Balaban J connectivity index is 2.02. The number of rotatable bonds is 4. The van der Waals surface area contributed by atoms with Gasteiger partial charge in [-0.2, -0.15) is 11.8 Å². The van der Waals surface area contributed by atoms with Crippen molar-refractivity contribution >= 4 is 11.8 Å². The number of hydrogen-bond donors (Lipinski definition) is 1. The van der Waals surface area contributed by atoms with Crippen molar-refractivity contribution in [2.75, 3.05) is 25.1 Å². The molecule has 0 radical (unpaired) electrons. The fourth-order valence-corrected chi connectivity index (χ4v) is 3.82. The van der Waals surface area contributed by atoms with Crippen LogP contribution in [-0.2, 0) is 0 Å². The molecule has 82 valence electrons. The van der Waals surface area contributed by atoms with E-state index in [4.69, 9.17) is 5.73 Å². The number of thioether (sulfide) groups is 1. The quantitative estimate of drug-likeness (QED) is 0.770. The molecule has 1 saturated carbocycles. The first-order chi connectivity index (χ1) is 6.68. The molecule has 0 spiro atoms. The molecule has 0 bridgehead atoms. The van der Waals surface area contributed by atoms with Crippen molar-refractivity contribution in [3.63, 3.8) is 0 Å². The first-order valence-corrected chi connectivity index (χ1v) is 6.84. The monoisotopic (exact) mass is 214 g/mol. The summed E-state index contributed by atoms with van der Waals surface area (Å²) in [5, 5.41) is 0. The minimum atomic E-state index is 0.273. The van der Waals surface area contributed by atoms with Crippen LogP contribution in [0.2, 0.25) is 0 Å². The molecule has 1 saturated heterocycles. The molecule has 3 heteroatoms. The molecule has 1 aliphatic carbocycles. The van der Waals surface area contributed by atoms with Crippen molar-refractivity contribution in [3.05, 3.63) is 0 Å². The SMILES string of the molecule is CN(C1CCSC1)C(C)(CN)C1CC1. The molecule has 0 aromatic carbocycles. The normalized spacial score (nSPS) is 32.1. The second-order valence-electron chi connectivity index (χ2n) is 4.96. The lowest BCUT2D eigenvalue weighted by Crippen LogP contribution is -2.55. The van der Waals surface area contributed by atoms with E-state index in [0.29, 0.717) is 0 Å². The maximum atomic E-state index is 5.97. The van der Waals surface area contributed by atoms with E-state index in [0.717, 1.165) is 18.5 Å². The van der Waals surface area contributed by atoms with Crippen LogP contribution in [0.25, 0.3) is 0 Å². The summed E-state index contributed by atoms with van der Waals surface area (Å²) in [6, 6.07) is 0.772. The molecule has 1 heterocycles. The summed E-state index contributed by atoms with van der Waals surface area (Å²) in [5.41, 5.74) is 6.24. The zero-order valence-electron chi connectivity index (χ0n) is 9.33. The van der Waals surface area contributed by atoms with Crippen molar-refractivity contribution < 1.29 is 0 Å². The van der Waals surface area contributed by atoms with Gasteiger partial charge in [0.2, 0.25) is 0 Å². The molecular formula is C11H22N2S. The van der Waals surface area contributed by atoms with E-state index >= 15 is 0 Å². The maximum Gasteiger partial charge on any atom is 0.0331 e. The minimum absolute atomic E-state index is 0.273. The number of likely N-dealkylation sites (N-methyl/N-ethyl adjacent to an activating group) is 1. The van der Waals surface area contributed by atoms with Gasteiger partial charge in [0.15, 0.2) is 0 Å². The van der Waals surface area contributed by atoms with Gasteiger partial charge in [0.1, 0.15) is 0 Å². The Morgan fingerprint density at radius 3 is 2.57 bits per heavy atom. The molecule has 0 aromatic heterocycles. The lowest BCUT2D eigenvalue weighted by atomic mass is 9.92. The number of hydrogen-bond acceptors (Lipinski definition) is 3. The summed E-state index contributed by atoms with van der Waals surface area (Å²) in [4.78, 5) is 2.57. The molecule has 2 nitrogen and oxygen atoms in total. The van der Waals surface area contributed by atoms with Gasteiger partial charge in [-0.05, 0) is 44.9 Å². The largest absolute Gasteiger partial charge is 0.329 e. The van der Waals surface area contributed by atoms with Crippen LogP contribution in [0.5, 0.6) is 0 Å². The van der Waals surface area contributed by atoms with Crippen LogP contribution < -0.4 is 5.73 Å². The second-order valence-corrected chi connectivity index (χ2v) is 6.11. The van der Waals surface area contributed by atoms with E-state index in [1.807, 2.05) is 0 Å². The van der Waals surface area contributed by atoms with Crippen LogP contribution in [0.15, 0.2) is 0 Å². The zero-order valence-corrected chi connectivity index (χ0v) is 10.1. The van der Waals surface area contributed by atoms with Crippen molar-refractivity contribution in [1.82, 2.24) is 4.90 Å². The first-order valence-electron chi connectivity index (χ1n) is 5.69. The molecule has 14 heavy (non-hydrogen) atoms. The van der Waals surface area contributed by atoms with E-state index in [1.54, 1.807) is 0 Å². The van der Waals surface area contributed by atoms with Gasteiger partial charge >= 0.3 is 0 Å². The summed E-state index contributed by atoms with van der Waals surface area (Å²) in [7, 11) is 2.28. The highest BCUT2D eigenvalue weighted by atomic mass is 32.2. The Labute approximate surface area is 91.6 Å². The summed E-state index contributed by atoms with van der Waals surface area (Å²) < 4.78 is 0. The Morgan fingerprint density at radius 1 is 1.43 bits per heavy atom. The molecule has 2 unspecified atom stereocenters. The van der Waals surface area contributed by atoms with Gasteiger partial charge < -0.3 is 5.73 Å². The van der Waals surface area contributed by atoms with E-state index < -0.39 is 0 Å². The molecular weight excluding hydrogens is 192 g/mol. The molecule has 2 fully saturated rings. The Morgan fingerprint density at radius 2 is 2.14 bits per heavy atom. The van der Waals surface area contributed by atoms with Crippen LogP contribution in [0.4, 0.5) is 0 Å².